The standard InChI is InChI=1S/C18H20BrClN4O3/c1-25-17(26-2)9-22-16-10-24(14-5-4-6-21-18(14)27-3)15-7-11(19)12(20)8-13(15)23-16/h4-8,17H,9-10H2,1-3H3,(H,22,23). The minimum Gasteiger partial charge on any atom is -0.480 e. The second kappa shape index (κ2) is 8.88. The molecule has 7 nitrogen and oxygen atoms in total. The molecule has 1 aliphatic rings. The van der Waals surface area contributed by atoms with Crippen LogP contribution in [-0.4, -0.2) is 51.5 Å². The van der Waals surface area contributed by atoms with Gasteiger partial charge in [-0.2, -0.15) is 0 Å². The maximum absolute atomic E-state index is 6.30. The van der Waals surface area contributed by atoms with E-state index in [0.717, 1.165) is 27.4 Å². The maximum Gasteiger partial charge on any atom is 0.237 e. The molecule has 2 heterocycles. The van der Waals surface area contributed by atoms with Crippen LogP contribution in [0.15, 0.2) is 39.9 Å². The van der Waals surface area contributed by atoms with E-state index < -0.39 is 6.29 Å². The molecule has 0 saturated heterocycles. The summed E-state index contributed by atoms with van der Waals surface area (Å²) in [5.74, 6) is 1.29. The van der Waals surface area contributed by atoms with Crippen molar-refractivity contribution in [1.29, 1.82) is 0 Å². The summed E-state index contributed by atoms with van der Waals surface area (Å²) in [5.41, 5.74) is 2.61. The summed E-state index contributed by atoms with van der Waals surface area (Å²) in [6.07, 6.45) is 1.29. The van der Waals surface area contributed by atoms with Crippen molar-refractivity contribution < 1.29 is 14.2 Å². The molecule has 144 valence electrons. The van der Waals surface area contributed by atoms with Crippen molar-refractivity contribution >= 4 is 50.4 Å². The highest BCUT2D eigenvalue weighted by atomic mass is 79.9. The first-order valence-electron chi connectivity index (χ1n) is 8.19. The Morgan fingerprint density at radius 2 is 2.07 bits per heavy atom. The monoisotopic (exact) mass is 454 g/mol. The first-order valence-corrected chi connectivity index (χ1v) is 9.36. The van der Waals surface area contributed by atoms with E-state index in [4.69, 9.17) is 25.8 Å². The van der Waals surface area contributed by atoms with E-state index in [1.54, 1.807) is 27.5 Å². The molecule has 0 spiro atoms. The van der Waals surface area contributed by atoms with Gasteiger partial charge < -0.3 is 24.4 Å². The lowest BCUT2D eigenvalue weighted by Gasteiger charge is -2.33. The number of anilines is 3. The first kappa shape index (κ1) is 19.9. The predicted octanol–water partition coefficient (Wildman–Crippen LogP) is 4.09. The van der Waals surface area contributed by atoms with Gasteiger partial charge in [-0.05, 0) is 40.2 Å². The topological polar surface area (TPSA) is 68.2 Å². The van der Waals surface area contributed by atoms with Crippen LogP contribution < -0.4 is 15.0 Å². The number of hydrogen-bond acceptors (Lipinski definition) is 6. The van der Waals surface area contributed by atoms with E-state index in [1.807, 2.05) is 24.3 Å². The fourth-order valence-electron chi connectivity index (χ4n) is 2.77. The molecule has 2 aromatic rings. The summed E-state index contributed by atoms with van der Waals surface area (Å²) in [5, 5.41) is 3.94. The average molecular weight is 456 g/mol. The van der Waals surface area contributed by atoms with Gasteiger partial charge in [-0.3, -0.25) is 4.99 Å². The maximum atomic E-state index is 6.30. The highest BCUT2D eigenvalue weighted by molar-refractivity contribution is 9.10. The van der Waals surface area contributed by atoms with Crippen molar-refractivity contribution in [2.45, 2.75) is 6.29 Å². The lowest BCUT2D eigenvalue weighted by Crippen LogP contribution is -2.36. The number of rotatable bonds is 6. The Morgan fingerprint density at radius 3 is 2.78 bits per heavy atom. The Morgan fingerprint density at radius 1 is 1.30 bits per heavy atom. The Bertz CT molecular complexity index is 845. The molecule has 1 aliphatic heterocycles. The van der Waals surface area contributed by atoms with Gasteiger partial charge in [-0.1, -0.05) is 11.6 Å². The second-order valence-electron chi connectivity index (χ2n) is 5.71. The van der Waals surface area contributed by atoms with Crippen molar-refractivity contribution in [3.63, 3.8) is 0 Å². The van der Waals surface area contributed by atoms with Crippen molar-refractivity contribution in [1.82, 2.24) is 4.98 Å². The van der Waals surface area contributed by atoms with Gasteiger partial charge >= 0.3 is 0 Å². The molecular formula is C18H20BrClN4O3. The molecular weight excluding hydrogens is 436 g/mol. The summed E-state index contributed by atoms with van der Waals surface area (Å²) in [4.78, 5) is 11.0. The zero-order valence-corrected chi connectivity index (χ0v) is 17.5. The minimum atomic E-state index is -0.407. The van der Waals surface area contributed by atoms with E-state index >= 15 is 0 Å². The number of aliphatic imine (C=N–C) groups is 1. The molecule has 1 aromatic heterocycles. The molecule has 27 heavy (non-hydrogen) atoms. The predicted molar refractivity (Wildman–Crippen MR) is 111 cm³/mol. The normalized spacial score (nSPS) is 15.0. The van der Waals surface area contributed by atoms with Gasteiger partial charge in [-0.25, -0.2) is 4.98 Å². The van der Waals surface area contributed by atoms with Crippen LogP contribution in [0, 0.1) is 0 Å². The molecule has 0 saturated carbocycles. The van der Waals surface area contributed by atoms with Crippen molar-refractivity contribution in [3.8, 4) is 5.88 Å². The number of aromatic nitrogens is 1. The number of hydrogen-bond donors (Lipinski definition) is 1. The Kier molecular flexibility index (Phi) is 6.54. The van der Waals surface area contributed by atoms with Crippen LogP contribution in [0.5, 0.6) is 5.88 Å². The SMILES string of the molecule is COc1ncccc1N1CC(=NCC(OC)OC)Nc2cc(Cl)c(Br)cc21. The molecule has 3 rings (SSSR count). The number of benzene rings is 1. The highest BCUT2D eigenvalue weighted by Crippen LogP contribution is 2.42. The van der Waals surface area contributed by atoms with E-state index in [1.165, 1.54) is 0 Å². The Balaban J connectivity index is 2.03. The van der Waals surface area contributed by atoms with Gasteiger partial charge in [0, 0.05) is 24.9 Å². The van der Waals surface area contributed by atoms with E-state index in [2.05, 4.69) is 36.1 Å². The number of nitrogens with one attached hydrogen (secondary N) is 1. The molecule has 1 N–H and O–H groups in total. The van der Waals surface area contributed by atoms with E-state index in [0.29, 0.717) is 24.0 Å². The summed E-state index contributed by atoms with van der Waals surface area (Å²) in [7, 11) is 4.77. The number of fused-ring (bicyclic) bond motifs is 1. The third kappa shape index (κ3) is 4.35. The summed E-state index contributed by atoms with van der Waals surface area (Å²) >= 11 is 9.79. The number of methoxy groups -OCH3 is 3. The van der Waals surface area contributed by atoms with Crippen molar-refractivity contribution in [2.24, 2.45) is 4.99 Å². The van der Waals surface area contributed by atoms with Gasteiger partial charge in [0.1, 0.15) is 11.5 Å². The molecule has 0 bridgehead atoms. The van der Waals surface area contributed by atoms with E-state index in [-0.39, 0.29) is 0 Å². The summed E-state index contributed by atoms with van der Waals surface area (Å²) in [6, 6.07) is 7.64. The van der Waals surface area contributed by atoms with Crippen molar-refractivity contribution in [3.05, 3.63) is 40.0 Å². The number of ether oxygens (including phenoxy) is 3. The molecule has 0 radical (unpaired) electrons. The van der Waals surface area contributed by atoms with Gasteiger partial charge in [0.25, 0.3) is 0 Å². The lowest BCUT2D eigenvalue weighted by molar-refractivity contribution is -0.0936. The number of nitrogens with zero attached hydrogens (tertiary/aromatic N) is 3. The zero-order chi connectivity index (χ0) is 19.4. The Labute approximate surface area is 171 Å². The van der Waals surface area contributed by atoms with Crippen LogP contribution in [0.1, 0.15) is 0 Å². The van der Waals surface area contributed by atoms with E-state index in [9.17, 15) is 0 Å². The molecule has 0 atom stereocenters. The van der Waals surface area contributed by atoms with Gasteiger partial charge in [-0.15, -0.1) is 0 Å². The third-order valence-electron chi connectivity index (χ3n) is 4.11. The fraction of sp³-hybridized carbons (Fsp3) is 0.333. The van der Waals surface area contributed by atoms with Crippen LogP contribution in [0.3, 0.4) is 0 Å². The Hall–Kier alpha value is -1.87. The molecule has 0 unspecified atom stereocenters. The van der Waals surface area contributed by atoms with Crippen LogP contribution in [-0.2, 0) is 9.47 Å². The fourth-order valence-corrected chi connectivity index (χ4v) is 3.26. The first-order chi connectivity index (χ1) is 13.1. The summed E-state index contributed by atoms with van der Waals surface area (Å²) in [6.45, 7) is 0.871. The third-order valence-corrected chi connectivity index (χ3v) is 5.31. The minimum absolute atomic E-state index is 0.368. The second-order valence-corrected chi connectivity index (χ2v) is 6.98. The van der Waals surface area contributed by atoms with Gasteiger partial charge in [0.15, 0.2) is 6.29 Å². The van der Waals surface area contributed by atoms with Crippen LogP contribution in [0.2, 0.25) is 5.02 Å². The largest absolute Gasteiger partial charge is 0.480 e. The number of pyridine rings is 1. The molecule has 9 heteroatoms. The smallest absolute Gasteiger partial charge is 0.237 e. The molecule has 0 amide bonds. The molecule has 0 fully saturated rings. The van der Waals surface area contributed by atoms with Crippen LogP contribution in [0.25, 0.3) is 0 Å². The quantitative estimate of drug-likeness (QED) is 0.662. The molecule has 1 aromatic carbocycles. The van der Waals surface area contributed by atoms with Crippen LogP contribution >= 0.6 is 27.5 Å². The van der Waals surface area contributed by atoms with Crippen molar-refractivity contribution in [2.75, 3.05) is 44.6 Å². The number of amidine groups is 1. The lowest BCUT2D eigenvalue weighted by atomic mass is 10.1. The zero-order valence-electron chi connectivity index (χ0n) is 15.2. The average Bonchev–Trinajstić information content (AvgIpc) is 2.69. The van der Waals surface area contributed by atoms with Gasteiger partial charge in [0.2, 0.25) is 5.88 Å². The number of halogens is 2. The van der Waals surface area contributed by atoms with Gasteiger partial charge in [0.05, 0.1) is 36.6 Å². The summed E-state index contributed by atoms with van der Waals surface area (Å²) < 4.78 is 16.7. The van der Waals surface area contributed by atoms with Crippen LogP contribution in [0.4, 0.5) is 17.1 Å². The highest BCUT2D eigenvalue weighted by Gasteiger charge is 2.26. The molecule has 0 aliphatic carbocycles.